The lowest BCUT2D eigenvalue weighted by Gasteiger charge is -2.08. The van der Waals surface area contributed by atoms with Gasteiger partial charge in [0.1, 0.15) is 11.5 Å². The summed E-state index contributed by atoms with van der Waals surface area (Å²) >= 11 is 9.26. The second kappa shape index (κ2) is 7.48. The second-order valence-corrected chi connectivity index (χ2v) is 5.66. The second-order valence-electron chi connectivity index (χ2n) is 4.33. The highest BCUT2D eigenvalue weighted by atomic mass is 79.9. The number of aryl methyl sites for hydroxylation is 1. The highest BCUT2D eigenvalue weighted by Crippen LogP contribution is 2.27. The number of benzene rings is 2. The van der Waals surface area contributed by atoms with E-state index in [4.69, 9.17) is 21.1 Å². The van der Waals surface area contributed by atoms with Crippen molar-refractivity contribution >= 4 is 33.5 Å². The van der Waals surface area contributed by atoms with Crippen molar-refractivity contribution in [3.8, 4) is 11.5 Å². The van der Waals surface area contributed by atoms with Crippen LogP contribution >= 0.6 is 27.5 Å². The molecule has 0 saturated heterocycles. The first kappa shape index (κ1) is 15.9. The van der Waals surface area contributed by atoms with E-state index in [0.717, 1.165) is 10.9 Å². The molecule has 5 heteroatoms. The Labute approximate surface area is 137 Å². The fraction of sp³-hybridized carbons (Fsp3) is 0.188. The number of hydrogen-bond acceptors (Lipinski definition) is 3. The molecule has 2 rings (SSSR count). The number of carbonyl (C=O) groups is 1. The molecule has 2 aromatic rings. The maximum Gasteiger partial charge on any atom is 0.349 e. The third-order valence-corrected chi connectivity index (χ3v) is 3.59. The van der Waals surface area contributed by atoms with Gasteiger partial charge in [0.2, 0.25) is 0 Å². The van der Waals surface area contributed by atoms with Crippen molar-refractivity contribution < 1.29 is 14.3 Å². The van der Waals surface area contributed by atoms with Crippen molar-refractivity contribution in [1.29, 1.82) is 0 Å². The normalized spacial score (nSPS) is 10.2. The average molecular weight is 370 g/mol. The molecule has 0 aliphatic heterocycles. The molecule has 3 nitrogen and oxygen atoms in total. The van der Waals surface area contributed by atoms with E-state index >= 15 is 0 Å². The summed E-state index contributed by atoms with van der Waals surface area (Å²) in [5.41, 5.74) is 1.21. The molecule has 0 aliphatic carbocycles. The predicted molar refractivity (Wildman–Crippen MR) is 86.1 cm³/mol. The molecule has 0 fully saturated rings. The minimum Gasteiger partial charge on any atom is -0.482 e. The van der Waals surface area contributed by atoms with Crippen molar-refractivity contribution in [2.45, 2.75) is 13.3 Å². The summed E-state index contributed by atoms with van der Waals surface area (Å²) in [7, 11) is 0. The van der Waals surface area contributed by atoms with Crippen LogP contribution in [0.1, 0.15) is 12.5 Å². The lowest BCUT2D eigenvalue weighted by molar-refractivity contribution is -0.136. The SMILES string of the molecule is CCc1ccc(OCC(=O)Oc2ccc(Br)cc2Cl)cc1. The van der Waals surface area contributed by atoms with Crippen molar-refractivity contribution in [2.75, 3.05) is 6.61 Å². The molecule has 0 N–H and O–H groups in total. The van der Waals surface area contributed by atoms with E-state index in [-0.39, 0.29) is 6.61 Å². The van der Waals surface area contributed by atoms with Crippen molar-refractivity contribution in [1.82, 2.24) is 0 Å². The van der Waals surface area contributed by atoms with Gasteiger partial charge in [-0.05, 0) is 42.3 Å². The number of rotatable bonds is 5. The van der Waals surface area contributed by atoms with Crippen LogP contribution in [0.4, 0.5) is 0 Å². The van der Waals surface area contributed by atoms with E-state index in [9.17, 15) is 4.79 Å². The lowest BCUT2D eigenvalue weighted by atomic mass is 10.2. The van der Waals surface area contributed by atoms with Gasteiger partial charge < -0.3 is 9.47 Å². The summed E-state index contributed by atoms with van der Waals surface area (Å²) in [5.74, 6) is 0.444. The third-order valence-electron chi connectivity index (χ3n) is 2.81. The fourth-order valence-corrected chi connectivity index (χ4v) is 2.39. The van der Waals surface area contributed by atoms with Crippen LogP contribution in [0.25, 0.3) is 0 Å². The zero-order valence-electron chi connectivity index (χ0n) is 11.4. The zero-order valence-corrected chi connectivity index (χ0v) is 13.8. The van der Waals surface area contributed by atoms with Crippen LogP contribution in [-0.4, -0.2) is 12.6 Å². The first-order valence-electron chi connectivity index (χ1n) is 6.46. The summed E-state index contributed by atoms with van der Waals surface area (Å²) in [4.78, 5) is 11.7. The molecule has 0 amide bonds. The number of hydrogen-bond donors (Lipinski definition) is 0. The van der Waals surface area contributed by atoms with Crippen LogP contribution in [0.2, 0.25) is 5.02 Å². The maximum atomic E-state index is 11.7. The largest absolute Gasteiger partial charge is 0.482 e. The summed E-state index contributed by atoms with van der Waals surface area (Å²) in [5, 5.41) is 0.366. The molecule has 0 spiro atoms. The predicted octanol–water partition coefficient (Wildman–Crippen LogP) is 4.65. The monoisotopic (exact) mass is 368 g/mol. The highest BCUT2D eigenvalue weighted by Gasteiger charge is 2.09. The van der Waals surface area contributed by atoms with Gasteiger partial charge in [-0.1, -0.05) is 46.6 Å². The van der Waals surface area contributed by atoms with Gasteiger partial charge in [-0.2, -0.15) is 0 Å². The molecule has 0 aromatic heterocycles. The van der Waals surface area contributed by atoms with Gasteiger partial charge in [-0.15, -0.1) is 0 Å². The minimum absolute atomic E-state index is 0.169. The van der Waals surface area contributed by atoms with Gasteiger partial charge in [-0.3, -0.25) is 0 Å². The topological polar surface area (TPSA) is 35.5 Å². The van der Waals surface area contributed by atoms with Gasteiger partial charge in [0.05, 0.1) is 5.02 Å². The van der Waals surface area contributed by atoms with E-state index in [1.54, 1.807) is 18.2 Å². The quantitative estimate of drug-likeness (QED) is 0.568. The minimum atomic E-state index is -0.501. The number of esters is 1. The maximum absolute atomic E-state index is 11.7. The smallest absolute Gasteiger partial charge is 0.349 e. The summed E-state index contributed by atoms with van der Waals surface area (Å²) in [6, 6.07) is 12.6. The van der Waals surface area contributed by atoms with E-state index in [1.165, 1.54) is 5.56 Å². The number of halogens is 2. The molecule has 0 bridgehead atoms. The number of ether oxygens (including phenoxy) is 2. The van der Waals surface area contributed by atoms with Crippen LogP contribution in [0, 0.1) is 0 Å². The van der Waals surface area contributed by atoms with Gasteiger partial charge >= 0.3 is 5.97 Å². The molecule has 0 saturated carbocycles. The van der Waals surface area contributed by atoms with E-state index in [1.807, 2.05) is 24.3 Å². The summed E-state index contributed by atoms with van der Waals surface area (Å²) in [6.45, 7) is 1.91. The fourth-order valence-electron chi connectivity index (χ4n) is 1.67. The highest BCUT2D eigenvalue weighted by molar-refractivity contribution is 9.10. The molecule has 2 aromatic carbocycles. The van der Waals surface area contributed by atoms with Crippen molar-refractivity contribution in [3.05, 3.63) is 57.5 Å². The average Bonchev–Trinajstić information content (AvgIpc) is 2.48. The summed E-state index contributed by atoms with van der Waals surface area (Å²) in [6.07, 6.45) is 0.963. The van der Waals surface area contributed by atoms with Crippen molar-refractivity contribution in [3.63, 3.8) is 0 Å². The zero-order chi connectivity index (χ0) is 15.2. The molecule has 21 heavy (non-hydrogen) atoms. The standard InChI is InChI=1S/C16H14BrClO3/c1-2-11-3-6-13(7-4-11)20-10-16(19)21-15-8-5-12(17)9-14(15)18/h3-9H,2,10H2,1H3. The Morgan fingerprint density at radius 2 is 1.90 bits per heavy atom. The molecule has 0 heterocycles. The Hall–Kier alpha value is -1.52. The Kier molecular flexibility index (Phi) is 5.65. The third kappa shape index (κ3) is 4.76. The van der Waals surface area contributed by atoms with Crippen LogP contribution in [0.5, 0.6) is 11.5 Å². The molecule has 110 valence electrons. The van der Waals surface area contributed by atoms with Crippen LogP contribution in [-0.2, 0) is 11.2 Å². The van der Waals surface area contributed by atoms with Crippen LogP contribution in [0.3, 0.4) is 0 Å². The Balaban J connectivity index is 1.89. The Morgan fingerprint density at radius 1 is 1.19 bits per heavy atom. The molecule has 0 radical (unpaired) electrons. The van der Waals surface area contributed by atoms with Gasteiger partial charge in [0.15, 0.2) is 6.61 Å². The van der Waals surface area contributed by atoms with E-state index in [0.29, 0.717) is 16.5 Å². The van der Waals surface area contributed by atoms with Crippen LogP contribution in [0.15, 0.2) is 46.9 Å². The molecular formula is C16H14BrClO3. The lowest BCUT2D eigenvalue weighted by Crippen LogP contribution is -2.17. The molecule has 0 aliphatic rings. The molecular weight excluding hydrogens is 356 g/mol. The van der Waals surface area contributed by atoms with Crippen molar-refractivity contribution in [2.24, 2.45) is 0 Å². The van der Waals surface area contributed by atoms with Gasteiger partial charge in [0.25, 0.3) is 0 Å². The summed E-state index contributed by atoms with van der Waals surface area (Å²) < 4.78 is 11.3. The Bertz CT molecular complexity index is 626. The molecule has 0 atom stereocenters. The van der Waals surface area contributed by atoms with E-state index in [2.05, 4.69) is 22.9 Å². The number of carbonyl (C=O) groups excluding carboxylic acids is 1. The van der Waals surface area contributed by atoms with Gasteiger partial charge in [-0.25, -0.2) is 4.79 Å². The first-order valence-corrected chi connectivity index (χ1v) is 7.63. The Morgan fingerprint density at radius 3 is 2.52 bits per heavy atom. The van der Waals surface area contributed by atoms with E-state index < -0.39 is 5.97 Å². The van der Waals surface area contributed by atoms with Gasteiger partial charge in [0, 0.05) is 4.47 Å². The molecule has 0 unspecified atom stereocenters. The first-order chi connectivity index (χ1) is 10.1. The van der Waals surface area contributed by atoms with Crippen LogP contribution < -0.4 is 9.47 Å².